The molecule has 0 radical (unpaired) electrons. The van der Waals surface area contributed by atoms with Crippen LogP contribution in [-0.4, -0.2) is 40.0 Å². The molecule has 2 aromatic heterocycles. The summed E-state index contributed by atoms with van der Waals surface area (Å²) in [5.41, 5.74) is 2.63. The molecule has 1 atom stereocenters. The predicted octanol–water partition coefficient (Wildman–Crippen LogP) is 1.83. The molecule has 3 heterocycles. The van der Waals surface area contributed by atoms with E-state index in [4.69, 9.17) is 4.74 Å². The fraction of sp³-hybridized carbons (Fsp3) is 0.562. The van der Waals surface area contributed by atoms with Gasteiger partial charge in [-0.2, -0.15) is 5.10 Å². The molecular weight excluding hydrogens is 278 g/mol. The average Bonchev–Trinajstić information content (AvgIpc) is 3.28. The van der Waals surface area contributed by atoms with Crippen LogP contribution in [-0.2, 0) is 17.8 Å². The van der Waals surface area contributed by atoms with Crippen molar-refractivity contribution in [2.45, 2.75) is 31.8 Å². The van der Waals surface area contributed by atoms with Crippen molar-refractivity contribution in [3.63, 3.8) is 0 Å². The summed E-state index contributed by atoms with van der Waals surface area (Å²) >= 11 is 0. The Hall–Kier alpha value is -1.95. The highest BCUT2D eigenvalue weighted by Gasteiger charge is 2.31. The number of methoxy groups -OCH3 is 1. The fourth-order valence-electron chi connectivity index (χ4n) is 3.20. The molecule has 1 aliphatic heterocycles. The molecule has 116 valence electrons. The lowest BCUT2D eigenvalue weighted by Crippen LogP contribution is -2.37. The summed E-state index contributed by atoms with van der Waals surface area (Å²) in [5, 5.41) is 4.63. The summed E-state index contributed by atoms with van der Waals surface area (Å²) in [4.78, 5) is 11.0. The first-order valence-corrected chi connectivity index (χ1v) is 7.90. The zero-order valence-electron chi connectivity index (χ0n) is 12.9. The molecular formula is C16H21N5O. The van der Waals surface area contributed by atoms with Crippen LogP contribution in [0, 0.1) is 5.92 Å². The van der Waals surface area contributed by atoms with Crippen LogP contribution < -0.4 is 4.90 Å². The lowest BCUT2D eigenvalue weighted by molar-refractivity contribution is 0.177. The van der Waals surface area contributed by atoms with E-state index in [1.54, 1.807) is 19.5 Å². The Morgan fingerprint density at radius 1 is 1.27 bits per heavy atom. The maximum absolute atomic E-state index is 5.42. The number of hydrogen-bond donors (Lipinski definition) is 0. The maximum Gasteiger partial charge on any atom is 0.225 e. The normalized spacial score (nSPS) is 21.0. The highest BCUT2D eigenvalue weighted by atomic mass is 16.5. The van der Waals surface area contributed by atoms with Crippen molar-refractivity contribution in [1.29, 1.82) is 0 Å². The van der Waals surface area contributed by atoms with Crippen LogP contribution in [0.2, 0.25) is 0 Å². The smallest absolute Gasteiger partial charge is 0.225 e. The van der Waals surface area contributed by atoms with Gasteiger partial charge in [-0.3, -0.25) is 4.68 Å². The zero-order valence-corrected chi connectivity index (χ0v) is 12.9. The van der Waals surface area contributed by atoms with Gasteiger partial charge in [0.25, 0.3) is 0 Å². The van der Waals surface area contributed by atoms with Gasteiger partial charge in [0.15, 0.2) is 0 Å². The van der Waals surface area contributed by atoms with Crippen LogP contribution in [0.5, 0.6) is 0 Å². The number of ether oxygens (including phenoxy) is 1. The van der Waals surface area contributed by atoms with Gasteiger partial charge < -0.3 is 9.64 Å². The van der Waals surface area contributed by atoms with Gasteiger partial charge in [0.05, 0.1) is 25.0 Å². The second-order valence-electron chi connectivity index (χ2n) is 6.25. The number of hydrogen-bond acceptors (Lipinski definition) is 5. The predicted molar refractivity (Wildman–Crippen MR) is 82.7 cm³/mol. The van der Waals surface area contributed by atoms with Crippen LogP contribution in [0.4, 0.5) is 5.95 Å². The number of rotatable bonds is 5. The molecule has 1 aliphatic carbocycles. The third-order valence-electron chi connectivity index (χ3n) is 4.53. The SMILES string of the molecule is COC[C@H]1CN(c2ncccn2)Cc2c1cnn2CC1CC1. The van der Waals surface area contributed by atoms with Crippen molar-refractivity contribution in [2.24, 2.45) is 5.92 Å². The monoisotopic (exact) mass is 299 g/mol. The van der Waals surface area contributed by atoms with Crippen molar-refractivity contribution in [3.8, 4) is 0 Å². The van der Waals surface area contributed by atoms with Gasteiger partial charge in [-0.05, 0) is 24.8 Å². The second-order valence-corrected chi connectivity index (χ2v) is 6.25. The molecule has 0 aromatic carbocycles. The molecule has 4 rings (SSSR count). The quantitative estimate of drug-likeness (QED) is 0.843. The summed E-state index contributed by atoms with van der Waals surface area (Å²) in [6.45, 7) is 3.44. The van der Waals surface area contributed by atoms with Crippen LogP contribution in [0.25, 0.3) is 0 Å². The fourth-order valence-corrected chi connectivity index (χ4v) is 3.20. The summed E-state index contributed by atoms with van der Waals surface area (Å²) in [5.74, 6) is 1.92. The van der Waals surface area contributed by atoms with E-state index in [1.807, 2.05) is 12.3 Å². The van der Waals surface area contributed by atoms with Gasteiger partial charge in [-0.25, -0.2) is 9.97 Å². The minimum atomic E-state index is 0.325. The van der Waals surface area contributed by atoms with Crippen molar-refractivity contribution >= 4 is 5.95 Å². The second kappa shape index (κ2) is 5.68. The van der Waals surface area contributed by atoms with Gasteiger partial charge in [0.2, 0.25) is 5.95 Å². The summed E-state index contributed by atoms with van der Waals surface area (Å²) in [6, 6.07) is 1.85. The minimum absolute atomic E-state index is 0.325. The first kappa shape index (κ1) is 13.7. The highest BCUT2D eigenvalue weighted by molar-refractivity contribution is 5.39. The van der Waals surface area contributed by atoms with E-state index in [1.165, 1.54) is 24.1 Å². The number of anilines is 1. The molecule has 2 aromatic rings. The van der Waals surface area contributed by atoms with Crippen LogP contribution in [0.1, 0.15) is 30.0 Å². The van der Waals surface area contributed by atoms with Crippen LogP contribution in [0.3, 0.4) is 0 Å². The first-order valence-electron chi connectivity index (χ1n) is 7.90. The van der Waals surface area contributed by atoms with Gasteiger partial charge in [-0.15, -0.1) is 0 Å². The topological polar surface area (TPSA) is 56.1 Å². The van der Waals surface area contributed by atoms with E-state index in [2.05, 4.69) is 24.6 Å². The zero-order chi connectivity index (χ0) is 14.9. The Morgan fingerprint density at radius 3 is 2.82 bits per heavy atom. The molecule has 0 spiro atoms. The van der Waals surface area contributed by atoms with E-state index in [0.717, 1.165) is 31.5 Å². The standard InChI is InChI=1S/C16H21N5O/c1-22-11-13-9-20(16-17-5-2-6-18-16)10-15-14(13)7-19-21(15)8-12-3-4-12/h2,5-7,12-13H,3-4,8-11H2,1H3/t13-/m1/s1. The molecule has 0 amide bonds. The van der Waals surface area contributed by atoms with Gasteiger partial charge in [0, 0.05) is 44.1 Å². The molecule has 1 saturated carbocycles. The van der Waals surface area contributed by atoms with E-state index in [0.29, 0.717) is 12.5 Å². The van der Waals surface area contributed by atoms with Crippen molar-refractivity contribution < 1.29 is 4.74 Å². The van der Waals surface area contributed by atoms with Gasteiger partial charge >= 0.3 is 0 Å². The Kier molecular flexibility index (Phi) is 3.54. The van der Waals surface area contributed by atoms with E-state index in [-0.39, 0.29) is 0 Å². The summed E-state index contributed by atoms with van der Waals surface area (Å²) in [6.07, 6.45) is 8.29. The summed E-state index contributed by atoms with van der Waals surface area (Å²) in [7, 11) is 1.76. The Morgan fingerprint density at radius 2 is 2.09 bits per heavy atom. The van der Waals surface area contributed by atoms with E-state index < -0.39 is 0 Å². The van der Waals surface area contributed by atoms with E-state index in [9.17, 15) is 0 Å². The van der Waals surface area contributed by atoms with E-state index >= 15 is 0 Å². The molecule has 6 nitrogen and oxygen atoms in total. The Balaban J connectivity index is 1.65. The first-order chi connectivity index (χ1) is 10.8. The largest absolute Gasteiger partial charge is 0.384 e. The van der Waals surface area contributed by atoms with Crippen molar-refractivity contribution in [2.75, 3.05) is 25.2 Å². The van der Waals surface area contributed by atoms with Gasteiger partial charge in [-0.1, -0.05) is 0 Å². The molecule has 0 saturated heterocycles. The Bertz CT molecular complexity index is 637. The summed E-state index contributed by atoms with van der Waals surface area (Å²) < 4.78 is 7.61. The molecule has 6 heteroatoms. The molecule has 0 bridgehead atoms. The lowest BCUT2D eigenvalue weighted by atomic mass is 9.95. The average molecular weight is 299 g/mol. The van der Waals surface area contributed by atoms with Crippen LogP contribution >= 0.6 is 0 Å². The highest BCUT2D eigenvalue weighted by Crippen LogP contribution is 2.34. The number of fused-ring (bicyclic) bond motifs is 1. The molecule has 0 unspecified atom stereocenters. The molecule has 0 N–H and O–H groups in total. The lowest BCUT2D eigenvalue weighted by Gasteiger charge is -2.33. The number of aromatic nitrogens is 4. The van der Waals surface area contributed by atoms with Crippen molar-refractivity contribution in [3.05, 3.63) is 35.9 Å². The Labute approximate surface area is 130 Å². The third kappa shape index (κ3) is 2.59. The molecule has 2 aliphatic rings. The van der Waals surface area contributed by atoms with Crippen LogP contribution in [0.15, 0.2) is 24.7 Å². The minimum Gasteiger partial charge on any atom is -0.384 e. The maximum atomic E-state index is 5.42. The molecule has 1 fully saturated rings. The number of nitrogens with zero attached hydrogens (tertiary/aromatic N) is 5. The third-order valence-corrected chi connectivity index (χ3v) is 4.53. The van der Waals surface area contributed by atoms with Gasteiger partial charge in [0.1, 0.15) is 0 Å². The van der Waals surface area contributed by atoms with Crippen molar-refractivity contribution in [1.82, 2.24) is 19.7 Å². The molecule has 22 heavy (non-hydrogen) atoms.